The van der Waals surface area contributed by atoms with Gasteiger partial charge in [-0.25, -0.2) is 0 Å². The SMILES string of the molecule is CCOc1ccccc1OCCNC(C)Cc1ccc(OC)c(SC)c1. The van der Waals surface area contributed by atoms with Crippen molar-refractivity contribution in [2.24, 2.45) is 0 Å². The summed E-state index contributed by atoms with van der Waals surface area (Å²) in [5.74, 6) is 2.53. The number of hydrogen-bond donors (Lipinski definition) is 1. The third-order valence-corrected chi connectivity index (χ3v) is 4.75. The standard InChI is InChI=1S/C21H29NO3S/c1-5-24-18-8-6-7-9-19(18)25-13-12-22-16(2)14-17-10-11-20(23-3)21(15-17)26-4/h6-11,15-16,22H,5,12-14H2,1-4H3. The van der Waals surface area contributed by atoms with Crippen LogP contribution in [0, 0.1) is 0 Å². The molecule has 0 radical (unpaired) electrons. The fourth-order valence-electron chi connectivity index (χ4n) is 2.74. The molecule has 0 spiro atoms. The molecule has 4 nitrogen and oxygen atoms in total. The van der Waals surface area contributed by atoms with E-state index in [9.17, 15) is 0 Å². The van der Waals surface area contributed by atoms with Crippen molar-refractivity contribution >= 4 is 11.8 Å². The number of methoxy groups -OCH3 is 1. The quantitative estimate of drug-likeness (QED) is 0.465. The Morgan fingerprint density at radius 1 is 1.04 bits per heavy atom. The second-order valence-corrected chi connectivity index (χ2v) is 6.82. The summed E-state index contributed by atoms with van der Waals surface area (Å²) in [4.78, 5) is 1.17. The zero-order valence-electron chi connectivity index (χ0n) is 16.1. The van der Waals surface area contributed by atoms with Gasteiger partial charge in [0.25, 0.3) is 0 Å². The minimum atomic E-state index is 0.365. The molecule has 0 bridgehead atoms. The van der Waals surface area contributed by atoms with Crippen LogP contribution in [-0.2, 0) is 6.42 Å². The smallest absolute Gasteiger partial charge is 0.161 e. The first kappa shape index (κ1) is 20.5. The maximum Gasteiger partial charge on any atom is 0.161 e. The van der Waals surface area contributed by atoms with E-state index in [0.717, 1.165) is 30.2 Å². The molecule has 0 aliphatic rings. The van der Waals surface area contributed by atoms with Crippen molar-refractivity contribution in [3.05, 3.63) is 48.0 Å². The number of ether oxygens (including phenoxy) is 3. The predicted octanol–water partition coefficient (Wildman–Crippen LogP) is 4.42. The van der Waals surface area contributed by atoms with Gasteiger partial charge in [0, 0.05) is 17.5 Å². The van der Waals surface area contributed by atoms with Gasteiger partial charge in [-0.3, -0.25) is 0 Å². The molecule has 0 saturated heterocycles. The number of thioether (sulfide) groups is 1. The summed E-state index contributed by atoms with van der Waals surface area (Å²) in [5.41, 5.74) is 1.30. The van der Waals surface area contributed by atoms with E-state index in [2.05, 4.69) is 30.6 Å². The molecule has 0 aromatic heterocycles. The summed E-state index contributed by atoms with van der Waals surface area (Å²) in [5, 5.41) is 3.52. The minimum Gasteiger partial charge on any atom is -0.496 e. The number of hydrogen-bond acceptors (Lipinski definition) is 5. The number of benzene rings is 2. The predicted molar refractivity (Wildman–Crippen MR) is 109 cm³/mol. The molecule has 1 N–H and O–H groups in total. The molecule has 5 heteroatoms. The van der Waals surface area contributed by atoms with Crippen LogP contribution in [0.4, 0.5) is 0 Å². The lowest BCUT2D eigenvalue weighted by Crippen LogP contribution is -2.31. The van der Waals surface area contributed by atoms with E-state index in [4.69, 9.17) is 14.2 Å². The Hall–Kier alpha value is -1.85. The van der Waals surface area contributed by atoms with Crippen molar-refractivity contribution in [3.8, 4) is 17.2 Å². The van der Waals surface area contributed by atoms with E-state index in [1.165, 1.54) is 10.5 Å². The molecule has 142 valence electrons. The molecule has 26 heavy (non-hydrogen) atoms. The third kappa shape index (κ3) is 6.15. The molecule has 2 rings (SSSR count). The summed E-state index contributed by atoms with van der Waals surface area (Å²) in [7, 11) is 1.71. The van der Waals surface area contributed by atoms with Crippen LogP contribution < -0.4 is 19.5 Å². The average molecular weight is 376 g/mol. The van der Waals surface area contributed by atoms with Gasteiger partial charge < -0.3 is 19.5 Å². The maximum atomic E-state index is 5.85. The third-order valence-electron chi connectivity index (χ3n) is 3.99. The summed E-state index contributed by atoms with van der Waals surface area (Å²) in [6.07, 6.45) is 3.04. The highest BCUT2D eigenvalue weighted by molar-refractivity contribution is 7.98. The number of rotatable bonds is 11. The number of para-hydroxylation sites is 2. The molecular formula is C21H29NO3S. The summed E-state index contributed by atoms with van der Waals surface area (Å²) < 4.78 is 16.8. The summed E-state index contributed by atoms with van der Waals surface area (Å²) in [6.45, 7) is 6.19. The van der Waals surface area contributed by atoms with E-state index in [-0.39, 0.29) is 0 Å². The van der Waals surface area contributed by atoms with Gasteiger partial charge in [0.2, 0.25) is 0 Å². The van der Waals surface area contributed by atoms with E-state index in [0.29, 0.717) is 19.3 Å². The Morgan fingerprint density at radius 2 is 1.77 bits per heavy atom. The highest BCUT2D eigenvalue weighted by Crippen LogP contribution is 2.29. The lowest BCUT2D eigenvalue weighted by atomic mass is 10.1. The maximum absolute atomic E-state index is 5.85. The van der Waals surface area contributed by atoms with Gasteiger partial charge >= 0.3 is 0 Å². The highest BCUT2D eigenvalue weighted by atomic mass is 32.2. The van der Waals surface area contributed by atoms with Crippen molar-refractivity contribution in [2.75, 3.05) is 33.1 Å². The van der Waals surface area contributed by atoms with Crippen LogP contribution >= 0.6 is 11.8 Å². The molecule has 2 aromatic carbocycles. The van der Waals surface area contributed by atoms with E-state index >= 15 is 0 Å². The van der Waals surface area contributed by atoms with Gasteiger partial charge in [0.15, 0.2) is 11.5 Å². The molecule has 0 aliphatic heterocycles. The van der Waals surface area contributed by atoms with E-state index in [1.807, 2.05) is 37.3 Å². The van der Waals surface area contributed by atoms with Gasteiger partial charge in [-0.1, -0.05) is 18.2 Å². The average Bonchev–Trinajstić information content (AvgIpc) is 2.66. The van der Waals surface area contributed by atoms with Crippen molar-refractivity contribution in [2.45, 2.75) is 31.2 Å². The summed E-state index contributed by atoms with van der Waals surface area (Å²) in [6, 6.07) is 14.5. The molecule has 0 aliphatic carbocycles. The van der Waals surface area contributed by atoms with Crippen molar-refractivity contribution in [1.82, 2.24) is 5.32 Å². The minimum absolute atomic E-state index is 0.365. The van der Waals surface area contributed by atoms with Crippen LogP contribution in [0.25, 0.3) is 0 Å². The Kier molecular flexibility index (Phi) is 8.65. The first-order valence-corrected chi connectivity index (χ1v) is 10.2. The van der Waals surface area contributed by atoms with Gasteiger partial charge in [0.05, 0.1) is 13.7 Å². The fourth-order valence-corrected chi connectivity index (χ4v) is 3.37. The molecule has 2 aromatic rings. The van der Waals surface area contributed by atoms with Crippen LogP contribution in [0.3, 0.4) is 0 Å². The van der Waals surface area contributed by atoms with Crippen molar-refractivity contribution in [3.63, 3.8) is 0 Å². The molecule has 1 atom stereocenters. The van der Waals surface area contributed by atoms with Crippen LogP contribution in [0.2, 0.25) is 0 Å². The largest absolute Gasteiger partial charge is 0.496 e. The normalized spacial score (nSPS) is 11.8. The van der Waals surface area contributed by atoms with Gasteiger partial charge in [-0.2, -0.15) is 0 Å². The van der Waals surface area contributed by atoms with E-state index < -0.39 is 0 Å². The molecule has 0 amide bonds. The van der Waals surface area contributed by atoms with Crippen LogP contribution in [0.15, 0.2) is 47.4 Å². The Labute approximate surface area is 161 Å². The second kappa shape index (κ2) is 11.0. The van der Waals surface area contributed by atoms with Crippen molar-refractivity contribution < 1.29 is 14.2 Å². The topological polar surface area (TPSA) is 39.7 Å². The lowest BCUT2D eigenvalue weighted by Gasteiger charge is -2.16. The zero-order valence-corrected chi connectivity index (χ0v) is 16.9. The molecule has 0 fully saturated rings. The molecule has 0 heterocycles. The highest BCUT2D eigenvalue weighted by Gasteiger charge is 2.08. The number of nitrogens with one attached hydrogen (secondary N) is 1. The Balaban J connectivity index is 1.78. The fraction of sp³-hybridized carbons (Fsp3) is 0.429. The van der Waals surface area contributed by atoms with Gasteiger partial charge in [-0.05, 0) is 56.4 Å². The molecule has 0 saturated carbocycles. The van der Waals surface area contributed by atoms with Gasteiger partial charge in [0.1, 0.15) is 12.4 Å². The van der Waals surface area contributed by atoms with Gasteiger partial charge in [-0.15, -0.1) is 11.8 Å². The van der Waals surface area contributed by atoms with E-state index in [1.54, 1.807) is 18.9 Å². The first-order valence-electron chi connectivity index (χ1n) is 8.96. The van der Waals surface area contributed by atoms with Crippen LogP contribution in [0.1, 0.15) is 19.4 Å². The lowest BCUT2D eigenvalue weighted by molar-refractivity contribution is 0.272. The molecule has 1 unspecified atom stereocenters. The summed E-state index contributed by atoms with van der Waals surface area (Å²) >= 11 is 1.71. The first-order chi connectivity index (χ1) is 12.7. The Bertz CT molecular complexity index is 678. The zero-order chi connectivity index (χ0) is 18.8. The monoisotopic (exact) mass is 375 g/mol. The molecular weight excluding hydrogens is 346 g/mol. The van der Waals surface area contributed by atoms with Crippen molar-refractivity contribution in [1.29, 1.82) is 0 Å². The Morgan fingerprint density at radius 3 is 2.42 bits per heavy atom. The van der Waals surface area contributed by atoms with Crippen LogP contribution in [-0.4, -0.2) is 39.2 Å². The van der Waals surface area contributed by atoms with Crippen LogP contribution in [0.5, 0.6) is 17.2 Å². The second-order valence-electron chi connectivity index (χ2n) is 5.98.